The van der Waals surface area contributed by atoms with E-state index < -0.39 is 21.8 Å². The van der Waals surface area contributed by atoms with Gasteiger partial charge in [-0.05, 0) is 54.8 Å². The van der Waals surface area contributed by atoms with Gasteiger partial charge in [0.2, 0.25) is 10.0 Å². The summed E-state index contributed by atoms with van der Waals surface area (Å²) in [7, 11) is -3.91. The third-order valence-electron chi connectivity index (χ3n) is 4.18. The molecule has 2 aromatic rings. The Labute approximate surface area is 177 Å². The van der Waals surface area contributed by atoms with Crippen LogP contribution in [-0.2, 0) is 22.7 Å². The van der Waals surface area contributed by atoms with E-state index in [0.717, 1.165) is 55.3 Å². The fourth-order valence-electron chi connectivity index (χ4n) is 2.53. The Kier molecular flexibility index (Phi) is 8.98. The van der Waals surface area contributed by atoms with Gasteiger partial charge in [-0.15, -0.1) is 0 Å². The summed E-state index contributed by atoms with van der Waals surface area (Å²) in [6.07, 6.45) is -0.117. The molecule has 1 N–H and O–H groups in total. The van der Waals surface area contributed by atoms with E-state index in [1.54, 1.807) is 24.3 Å². The van der Waals surface area contributed by atoms with E-state index in [0.29, 0.717) is 17.9 Å². The van der Waals surface area contributed by atoms with Crippen molar-refractivity contribution in [2.45, 2.75) is 43.3 Å². The second-order valence-corrected chi connectivity index (χ2v) is 9.00. The van der Waals surface area contributed by atoms with Crippen LogP contribution >= 0.6 is 15.9 Å². The number of sulfonamides is 1. The number of rotatable bonds is 11. The zero-order valence-electron chi connectivity index (χ0n) is 15.7. The van der Waals surface area contributed by atoms with Gasteiger partial charge in [-0.1, -0.05) is 40.9 Å². The Bertz CT molecular complexity index is 854. The number of hydrogen-bond donors (Lipinski definition) is 1. The molecule has 4 nitrogen and oxygen atoms in total. The monoisotopic (exact) mass is 493 g/mol. The first kappa shape index (κ1) is 23.7. The van der Waals surface area contributed by atoms with Crippen LogP contribution in [0.3, 0.4) is 0 Å². The lowest BCUT2D eigenvalue weighted by molar-refractivity contribution is -0.137. The molecule has 160 valence electrons. The van der Waals surface area contributed by atoms with Gasteiger partial charge in [-0.3, -0.25) is 0 Å². The summed E-state index contributed by atoms with van der Waals surface area (Å²) in [5.41, 5.74) is -0.180. The van der Waals surface area contributed by atoms with Crippen molar-refractivity contribution in [2.75, 3.05) is 11.9 Å². The minimum Gasteiger partial charge on any atom is -0.494 e. The molecule has 0 fully saturated rings. The fourth-order valence-corrected chi connectivity index (χ4v) is 3.94. The first-order valence-electron chi connectivity index (χ1n) is 9.17. The number of nitrogens with one attached hydrogen (secondary N) is 1. The third kappa shape index (κ3) is 7.98. The number of benzene rings is 2. The van der Waals surface area contributed by atoms with Gasteiger partial charge in [0.05, 0.1) is 17.1 Å². The maximum atomic E-state index is 12.6. The van der Waals surface area contributed by atoms with Crippen molar-refractivity contribution in [1.82, 2.24) is 4.72 Å². The lowest BCUT2D eigenvalue weighted by Gasteiger charge is -2.10. The van der Waals surface area contributed by atoms with Gasteiger partial charge in [0, 0.05) is 11.9 Å². The molecule has 0 aliphatic rings. The normalized spacial score (nSPS) is 12.1. The summed E-state index contributed by atoms with van der Waals surface area (Å²) < 4.78 is 70.3. The molecule has 9 heteroatoms. The highest BCUT2D eigenvalue weighted by Gasteiger charge is 2.30. The van der Waals surface area contributed by atoms with Crippen LogP contribution in [0.1, 0.15) is 36.8 Å². The molecular weight excluding hydrogens is 471 g/mol. The Hall–Kier alpha value is -1.58. The molecule has 0 aliphatic heterocycles. The predicted molar refractivity (Wildman–Crippen MR) is 110 cm³/mol. The summed E-state index contributed by atoms with van der Waals surface area (Å²) in [6, 6.07) is 10.4. The number of unbranched alkanes of at least 4 members (excludes halogenated alkanes) is 3. The number of hydrogen-bond acceptors (Lipinski definition) is 3. The minimum absolute atomic E-state index is 0.0240. The molecule has 0 bridgehead atoms. The van der Waals surface area contributed by atoms with Gasteiger partial charge < -0.3 is 4.74 Å². The summed E-state index contributed by atoms with van der Waals surface area (Å²) in [6.45, 7) is 0.651. The van der Waals surface area contributed by atoms with Gasteiger partial charge in [0.15, 0.2) is 0 Å². The van der Waals surface area contributed by atoms with Crippen LogP contribution < -0.4 is 9.46 Å². The van der Waals surface area contributed by atoms with Crippen molar-refractivity contribution in [1.29, 1.82) is 0 Å². The predicted octanol–water partition coefficient (Wildman–Crippen LogP) is 5.52. The topological polar surface area (TPSA) is 55.4 Å². The van der Waals surface area contributed by atoms with Gasteiger partial charge in [-0.25, -0.2) is 13.1 Å². The lowest BCUT2D eigenvalue weighted by Crippen LogP contribution is -2.23. The van der Waals surface area contributed by atoms with Gasteiger partial charge in [0.1, 0.15) is 5.75 Å². The Morgan fingerprint density at radius 2 is 1.52 bits per heavy atom. The van der Waals surface area contributed by atoms with Crippen molar-refractivity contribution in [3.8, 4) is 5.75 Å². The molecule has 2 aromatic carbocycles. The van der Waals surface area contributed by atoms with Crippen LogP contribution in [0.15, 0.2) is 53.4 Å². The molecule has 0 aliphatic carbocycles. The average molecular weight is 494 g/mol. The molecule has 0 saturated heterocycles. The van der Waals surface area contributed by atoms with Crippen LogP contribution in [0, 0.1) is 0 Å². The van der Waals surface area contributed by atoms with Crippen LogP contribution in [0.2, 0.25) is 0 Å². The number of halogens is 4. The molecule has 0 radical (unpaired) electrons. The highest BCUT2D eigenvalue weighted by atomic mass is 79.9. The molecule has 0 aromatic heterocycles. The maximum absolute atomic E-state index is 12.6. The van der Waals surface area contributed by atoms with E-state index in [2.05, 4.69) is 20.7 Å². The SMILES string of the molecule is O=S(=O)(NCc1ccc(OCCCCCCBr)cc1)c1ccc(C(F)(F)F)cc1. The summed E-state index contributed by atoms with van der Waals surface area (Å²) in [5, 5.41) is 1.01. The summed E-state index contributed by atoms with van der Waals surface area (Å²) >= 11 is 3.40. The molecule has 29 heavy (non-hydrogen) atoms. The zero-order valence-corrected chi connectivity index (χ0v) is 18.1. The Morgan fingerprint density at radius 3 is 2.10 bits per heavy atom. The highest BCUT2D eigenvalue weighted by molar-refractivity contribution is 9.09. The lowest BCUT2D eigenvalue weighted by atomic mass is 10.2. The molecule has 2 rings (SSSR count). The van der Waals surface area contributed by atoms with E-state index in [1.165, 1.54) is 0 Å². The van der Waals surface area contributed by atoms with E-state index in [9.17, 15) is 21.6 Å². The number of ether oxygens (including phenoxy) is 1. The van der Waals surface area contributed by atoms with Crippen molar-refractivity contribution < 1.29 is 26.3 Å². The third-order valence-corrected chi connectivity index (χ3v) is 6.16. The van der Waals surface area contributed by atoms with Crippen LogP contribution in [0.5, 0.6) is 5.75 Å². The zero-order chi connectivity index (χ0) is 21.3. The van der Waals surface area contributed by atoms with Gasteiger partial charge >= 0.3 is 6.18 Å². The van der Waals surface area contributed by atoms with Crippen molar-refractivity contribution in [3.63, 3.8) is 0 Å². The molecule has 0 saturated carbocycles. The standard InChI is InChI=1S/C20H23BrF3NO3S/c21-13-3-1-2-4-14-28-18-9-5-16(6-10-18)15-25-29(26,27)19-11-7-17(8-12-19)20(22,23)24/h5-12,25H,1-4,13-15H2. The molecule has 0 spiro atoms. The van der Waals surface area contributed by atoms with Crippen molar-refractivity contribution in [2.24, 2.45) is 0 Å². The van der Waals surface area contributed by atoms with Crippen molar-refractivity contribution >= 4 is 26.0 Å². The van der Waals surface area contributed by atoms with Crippen LogP contribution in [0.25, 0.3) is 0 Å². The second kappa shape index (κ2) is 11.0. The van der Waals surface area contributed by atoms with E-state index in [1.807, 2.05) is 0 Å². The van der Waals surface area contributed by atoms with E-state index in [-0.39, 0.29) is 11.4 Å². The molecule has 0 atom stereocenters. The fraction of sp³-hybridized carbons (Fsp3) is 0.400. The van der Waals surface area contributed by atoms with Gasteiger partial charge in [0.25, 0.3) is 0 Å². The van der Waals surface area contributed by atoms with Crippen molar-refractivity contribution in [3.05, 3.63) is 59.7 Å². The van der Waals surface area contributed by atoms with Gasteiger partial charge in [-0.2, -0.15) is 13.2 Å². The molecular formula is C20H23BrF3NO3S. The number of alkyl halides is 4. The Morgan fingerprint density at radius 1 is 0.897 bits per heavy atom. The molecule has 0 amide bonds. The first-order valence-corrected chi connectivity index (χ1v) is 11.8. The first-order chi connectivity index (χ1) is 13.7. The smallest absolute Gasteiger partial charge is 0.416 e. The summed E-state index contributed by atoms with van der Waals surface area (Å²) in [4.78, 5) is -0.217. The molecule has 0 heterocycles. The van der Waals surface area contributed by atoms with Crippen LogP contribution in [-0.4, -0.2) is 20.4 Å². The largest absolute Gasteiger partial charge is 0.494 e. The minimum atomic E-state index is -4.51. The second-order valence-electron chi connectivity index (χ2n) is 6.44. The van der Waals surface area contributed by atoms with E-state index in [4.69, 9.17) is 4.74 Å². The summed E-state index contributed by atoms with van der Waals surface area (Å²) in [5.74, 6) is 0.708. The maximum Gasteiger partial charge on any atom is 0.416 e. The highest BCUT2D eigenvalue weighted by Crippen LogP contribution is 2.29. The van der Waals surface area contributed by atoms with Crippen LogP contribution in [0.4, 0.5) is 13.2 Å². The quantitative estimate of drug-likeness (QED) is 0.331. The Balaban J connectivity index is 1.84. The van der Waals surface area contributed by atoms with E-state index >= 15 is 0 Å². The molecule has 0 unspecified atom stereocenters. The average Bonchev–Trinajstić information content (AvgIpc) is 2.69.